The Hall–Kier alpha value is -1.55. The van der Waals surface area contributed by atoms with Crippen molar-refractivity contribution in [3.8, 4) is 0 Å². The van der Waals surface area contributed by atoms with Gasteiger partial charge >= 0.3 is 0 Å². The Morgan fingerprint density at radius 1 is 1.17 bits per heavy atom. The standard InChI is InChI=1S/C21H33FN4O3S/c1-18-6-4-5-11-24(18)14-15-25(21(27)19-7-2-3-8-20(19)22)16-17-30(28,29)26-12-9-23-10-13-26/h2-3,7-8,18,23H,4-6,9-17H2,1H3/t18-/m0/s1. The van der Waals surface area contributed by atoms with E-state index in [9.17, 15) is 17.6 Å². The summed E-state index contributed by atoms with van der Waals surface area (Å²) in [5, 5.41) is 3.14. The number of piperidine rings is 1. The summed E-state index contributed by atoms with van der Waals surface area (Å²) in [6.07, 6.45) is 3.46. The number of benzene rings is 1. The summed E-state index contributed by atoms with van der Waals surface area (Å²) >= 11 is 0. The van der Waals surface area contributed by atoms with Crippen LogP contribution in [0.4, 0.5) is 4.39 Å². The zero-order valence-electron chi connectivity index (χ0n) is 17.7. The predicted molar refractivity (Wildman–Crippen MR) is 115 cm³/mol. The van der Waals surface area contributed by atoms with Gasteiger partial charge in [-0.25, -0.2) is 12.8 Å². The quantitative estimate of drug-likeness (QED) is 0.661. The second-order valence-corrected chi connectivity index (χ2v) is 10.2. The van der Waals surface area contributed by atoms with Crippen LogP contribution in [0, 0.1) is 5.82 Å². The van der Waals surface area contributed by atoms with Crippen molar-refractivity contribution in [2.75, 3.05) is 58.1 Å². The Bertz CT molecular complexity index is 814. The maximum Gasteiger partial charge on any atom is 0.256 e. The summed E-state index contributed by atoms with van der Waals surface area (Å²) in [5.74, 6) is -1.18. The fourth-order valence-corrected chi connectivity index (χ4v) is 5.58. The van der Waals surface area contributed by atoms with Crippen molar-refractivity contribution in [2.24, 2.45) is 0 Å². The summed E-state index contributed by atoms with van der Waals surface area (Å²) in [6.45, 7) is 6.39. The van der Waals surface area contributed by atoms with Gasteiger partial charge in [-0.2, -0.15) is 4.31 Å². The Morgan fingerprint density at radius 3 is 2.60 bits per heavy atom. The van der Waals surface area contributed by atoms with Crippen LogP contribution in [0.2, 0.25) is 0 Å². The van der Waals surface area contributed by atoms with E-state index in [1.165, 1.54) is 27.8 Å². The smallest absolute Gasteiger partial charge is 0.256 e. The van der Waals surface area contributed by atoms with Gasteiger partial charge in [-0.15, -0.1) is 0 Å². The Balaban J connectivity index is 1.69. The Kier molecular flexibility index (Phi) is 8.21. The Morgan fingerprint density at radius 2 is 1.90 bits per heavy atom. The molecular formula is C21H33FN4O3S. The number of likely N-dealkylation sites (tertiary alicyclic amines) is 1. The highest BCUT2D eigenvalue weighted by atomic mass is 32.2. The van der Waals surface area contributed by atoms with Crippen molar-refractivity contribution in [2.45, 2.75) is 32.2 Å². The van der Waals surface area contributed by atoms with Gasteiger partial charge in [0.25, 0.3) is 5.91 Å². The predicted octanol–water partition coefficient (Wildman–Crippen LogP) is 1.38. The van der Waals surface area contributed by atoms with Crippen LogP contribution in [0.1, 0.15) is 36.5 Å². The largest absolute Gasteiger partial charge is 0.336 e. The van der Waals surface area contributed by atoms with Crippen LogP contribution in [-0.2, 0) is 10.0 Å². The van der Waals surface area contributed by atoms with E-state index in [1.807, 2.05) is 0 Å². The summed E-state index contributed by atoms with van der Waals surface area (Å²) < 4.78 is 41.2. The molecule has 30 heavy (non-hydrogen) atoms. The first-order chi connectivity index (χ1) is 14.4. The molecule has 2 heterocycles. The van der Waals surface area contributed by atoms with Crippen LogP contribution in [-0.4, -0.2) is 92.6 Å². The van der Waals surface area contributed by atoms with Crippen LogP contribution in [0.5, 0.6) is 0 Å². The highest BCUT2D eigenvalue weighted by molar-refractivity contribution is 7.89. The molecule has 9 heteroatoms. The van der Waals surface area contributed by atoms with Gasteiger partial charge in [-0.1, -0.05) is 18.6 Å². The molecule has 0 aromatic heterocycles. The number of halogens is 1. The minimum absolute atomic E-state index is 0.0104. The van der Waals surface area contributed by atoms with Gasteiger partial charge in [-0.05, 0) is 38.4 Å². The normalized spacial score (nSPS) is 21.5. The zero-order chi connectivity index (χ0) is 21.6. The topological polar surface area (TPSA) is 73.0 Å². The number of nitrogens with zero attached hydrogens (tertiary/aromatic N) is 3. The van der Waals surface area contributed by atoms with E-state index in [-0.39, 0.29) is 17.9 Å². The molecule has 1 atom stereocenters. The molecule has 2 saturated heterocycles. The lowest BCUT2D eigenvalue weighted by Crippen LogP contribution is -2.49. The lowest BCUT2D eigenvalue weighted by atomic mass is 10.0. The van der Waals surface area contributed by atoms with Gasteiger partial charge < -0.3 is 10.2 Å². The molecule has 0 saturated carbocycles. The third-order valence-corrected chi connectivity index (χ3v) is 7.93. The van der Waals surface area contributed by atoms with Gasteiger partial charge in [0.1, 0.15) is 5.82 Å². The van der Waals surface area contributed by atoms with E-state index in [4.69, 9.17) is 0 Å². The molecule has 7 nitrogen and oxygen atoms in total. The summed E-state index contributed by atoms with van der Waals surface area (Å²) in [6, 6.07) is 6.32. The first-order valence-electron chi connectivity index (χ1n) is 10.8. The number of amides is 1. The van der Waals surface area contributed by atoms with Crippen molar-refractivity contribution in [1.29, 1.82) is 0 Å². The molecule has 1 aromatic carbocycles. The van der Waals surface area contributed by atoms with Crippen LogP contribution in [0.15, 0.2) is 24.3 Å². The first kappa shape index (κ1) is 23.1. The monoisotopic (exact) mass is 440 g/mol. The van der Waals surface area contributed by atoms with E-state index in [1.54, 1.807) is 12.1 Å². The summed E-state index contributed by atoms with van der Waals surface area (Å²) in [5.41, 5.74) is -0.0104. The third-order valence-electron chi connectivity index (χ3n) is 6.08. The zero-order valence-corrected chi connectivity index (χ0v) is 18.5. The molecular weight excluding hydrogens is 407 g/mol. The molecule has 0 aliphatic carbocycles. The van der Waals surface area contributed by atoms with Gasteiger partial charge in [0.05, 0.1) is 11.3 Å². The van der Waals surface area contributed by atoms with Crippen molar-refractivity contribution < 1.29 is 17.6 Å². The molecule has 2 aliphatic rings. The molecule has 2 aliphatic heterocycles. The maximum atomic E-state index is 14.2. The fraction of sp³-hybridized carbons (Fsp3) is 0.667. The van der Waals surface area contributed by atoms with Crippen LogP contribution < -0.4 is 5.32 Å². The van der Waals surface area contributed by atoms with Crippen molar-refractivity contribution in [1.82, 2.24) is 19.4 Å². The van der Waals surface area contributed by atoms with Crippen LogP contribution >= 0.6 is 0 Å². The molecule has 0 unspecified atom stereocenters. The molecule has 1 aromatic rings. The van der Waals surface area contributed by atoms with Gasteiger partial charge in [0.15, 0.2) is 0 Å². The van der Waals surface area contributed by atoms with Crippen molar-refractivity contribution in [3.63, 3.8) is 0 Å². The number of hydrogen-bond acceptors (Lipinski definition) is 5. The van der Waals surface area contributed by atoms with Crippen LogP contribution in [0.3, 0.4) is 0 Å². The van der Waals surface area contributed by atoms with E-state index in [2.05, 4.69) is 17.1 Å². The van der Waals surface area contributed by atoms with Crippen molar-refractivity contribution in [3.05, 3.63) is 35.6 Å². The van der Waals surface area contributed by atoms with Gasteiger partial charge in [0.2, 0.25) is 10.0 Å². The second kappa shape index (κ2) is 10.7. The van der Waals surface area contributed by atoms with Crippen LogP contribution in [0.25, 0.3) is 0 Å². The van der Waals surface area contributed by atoms with Gasteiger partial charge in [0, 0.05) is 51.9 Å². The van der Waals surface area contributed by atoms with E-state index in [0.29, 0.717) is 45.3 Å². The number of hydrogen-bond donors (Lipinski definition) is 1. The van der Waals surface area contributed by atoms with E-state index in [0.717, 1.165) is 19.4 Å². The Labute approximate surface area is 179 Å². The molecule has 0 spiro atoms. The molecule has 1 amide bonds. The SMILES string of the molecule is C[C@H]1CCCCN1CCN(CCS(=O)(=O)N1CCNCC1)C(=O)c1ccccc1F. The lowest BCUT2D eigenvalue weighted by molar-refractivity contribution is 0.0712. The number of piperazine rings is 1. The third kappa shape index (κ3) is 6.00. The maximum absolute atomic E-state index is 14.2. The highest BCUT2D eigenvalue weighted by Gasteiger charge is 2.27. The lowest BCUT2D eigenvalue weighted by Gasteiger charge is -2.35. The molecule has 3 rings (SSSR count). The summed E-state index contributed by atoms with van der Waals surface area (Å²) in [4.78, 5) is 16.9. The number of nitrogens with one attached hydrogen (secondary N) is 1. The molecule has 1 N–H and O–H groups in total. The summed E-state index contributed by atoms with van der Waals surface area (Å²) in [7, 11) is -3.47. The fourth-order valence-electron chi connectivity index (χ4n) is 4.14. The number of sulfonamides is 1. The second-order valence-electron chi connectivity index (χ2n) is 8.12. The van der Waals surface area contributed by atoms with Crippen molar-refractivity contribution >= 4 is 15.9 Å². The minimum atomic E-state index is -3.47. The average molecular weight is 441 g/mol. The number of carbonyl (C=O) groups is 1. The molecule has 2 fully saturated rings. The van der Waals surface area contributed by atoms with Gasteiger partial charge in [-0.3, -0.25) is 9.69 Å². The highest BCUT2D eigenvalue weighted by Crippen LogP contribution is 2.17. The number of carbonyl (C=O) groups excluding carboxylic acids is 1. The molecule has 168 valence electrons. The molecule has 0 radical (unpaired) electrons. The molecule has 0 bridgehead atoms. The first-order valence-corrected chi connectivity index (χ1v) is 12.5. The minimum Gasteiger partial charge on any atom is -0.336 e. The average Bonchev–Trinajstić information content (AvgIpc) is 2.75. The number of rotatable bonds is 8. The van der Waals surface area contributed by atoms with E-state index >= 15 is 0 Å². The van der Waals surface area contributed by atoms with E-state index < -0.39 is 21.7 Å².